The molecule has 18 heavy (non-hydrogen) atoms. The third-order valence-corrected chi connectivity index (χ3v) is 3.53. The molecule has 0 unspecified atom stereocenters. The van der Waals surface area contributed by atoms with E-state index in [4.69, 9.17) is 4.52 Å². The molecule has 2 N–H and O–H groups in total. The molecule has 1 aliphatic carbocycles. The van der Waals surface area contributed by atoms with E-state index in [9.17, 15) is 9.90 Å². The van der Waals surface area contributed by atoms with Crippen molar-refractivity contribution < 1.29 is 14.4 Å². The second-order valence-electron chi connectivity index (χ2n) is 5.26. The summed E-state index contributed by atoms with van der Waals surface area (Å²) in [5.41, 5.74) is 0.304. The van der Waals surface area contributed by atoms with Crippen molar-refractivity contribution in [3.8, 4) is 0 Å². The smallest absolute Gasteiger partial charge is 0.273 e. The van der Waals surface area contributed by atoms with Gasteiger partial charge in [0.05, 0.1) is 12.1 Å². The van der Waals surface area contributed by atoms with Gasteiger partial charge in [0.2, 0.25) is 0 Å². The molecule has 98 valence electrons. The van der Waals surface area contributed by atoms with Crippen molar-refractivity contribution >= 4 is 5.91 Å². The van der Waals surface area contributed by atoms with Crippen LogP contribution in [-0.2, 0) is 0 Å². The van der Waals surface area contributed by atoms with Crippen molar-refractivity contribution in [3.05, 3.63) is 17.5 Å². The Kier molecular flexibility index (Phi) is 2.83. The Morgan fingerprint density at radius 1 is 1.56 bits per heavy atom. The van der Waals surface area contributed by atoms with Gasteiger partial charge in [-0.1, -0.05) is 5.16 Å². The normalized spacial score (nSPS) is 28.6. The molecule has 6 nitrogen and oxygen atoms in total. The van der Waals surface area contributed by atoms with Crippen LogP contribution >= 0.6 is 0 Å². The Morgan fingerprint density at radius 3 is 2.94 bits per heavy atom. The van der Waals surface area contributed by atoms with E-state index in [1.165, 1.54) is 0 Å². The second-order valence-corrected chi connectivity index (χ2v) is 5.26. The number of amides is 1. The molecule has 1 aromatic heterocycles. The molecule has 1 aromatic rings. The van der Waals surface area contributed by atoms with Gasteiger partial charge in [0.1, 0.15) is 5.76 Å². The highest BCUT2D eigenvalue weighted by Crippen LogP contribution is 2.40. The molecular weight excluding hydrogens is 234 g/mol. The average molecular weight is 251 g/mol. The Labute approximate surface area is 105 Å². The molecule has 0 radical (unpaired) electrons. The Balaban J connectivity index is 1.63. The van der Waals surface area contributed by atoms with E-state index in [-0.39, 0.29) is 11.9 Å². The quantitative estimate of drug-likeness (QED) is 0.788. The standard InChI is InChI=1S/C12H17N3O3/c1-15-5-9(10(16)6-15)13-12(17)8-4-11(18-14-8)7-2-3-7/h4,7,9-10,16H,2-3,5-6H2,1H3,(H,13,17)/t9-,10-/m1/s1. The van der Waals surface area contributed by atoms with Gasteiger partial charge < -0.3 is 19.8 Å². The molecule has 3 rings (SSSR count). The van der Waals surface area contributed by atoms with Crippen LogP contribution in [0.2, 0.25) is 0 Å². The number of aromatic nitrogens is 1. The zero-order chi connectivity index (χ0) is 12.7. The lowest BCUT2D eigenvalue weighted by atomic mass is 10.2. The maximum absolute atomic E-state index is 11.9. The topological polar surface area (TPSA) is 78.6 Å². The van der Waals surface area contributed by atoms with Gasteiger partial charge in [-0.3, -0.25) is 4.79 Å². The van der Waals surface area contributed by atoms with Crippen molar-refractivity contribution in [1.29, 1.82) is 0 Å². The number of aliphatic hydroxyl groups excluding tert-OH is 1. The molecule has 2 fully saturated rings. The van der Waals surface area contributed by atoms with Gasteiger partial charge in [0.25, 0.3) is 5.91 Å². The minimum atomic E-state index is -0.520. The fourth-order valence-corrected chi connectivity index (χ4v) is 2.32. The molecule has 2 heterocycles. The van der Waals surface area contributed by atoms with Gasteiger partial charge in [0.15, 0.2) is 5.69 Å². The summed E-state index contributed by atoms with van der Waals surface area (Å²) in [4.78, 5) is 13.9. The van der Waals surface area contributed by atoms with E-state index >= 15 is 0 Å². The van der Waals surface area contributed by atoms with Gasteiger partial charge in [-0.25, -0.2) is 0 Å². The SMILES string of the molecule is CN1C[C@@H](O)[C@H](NC(=O)c2cc(C3CC3)on2)C1. The first-order valence-corrected chi connectivity index (χ1v) is 6.27. The molecule has 2 atom stereocenters. The number of rotatable bonds is 3. The van der Waals surface area contributed by atoms with Crippen LogP contribution in [0.15, 0.2) is 10.6 Å². The van der Waals surface area contributed by atoms with E-state index in [1.54, 1.807) is 6.07 Å². The predicted molar refractivity (Wildman–Crippen MR) is 63.2 cm³/mol. The van der Waals surface area contributed by atoms with Crippen LogP contribution < -0.4 is 5.32 Å². The van der Waals surface area contributed by atoms with E-state index < -0.39 is 6.10 Å². The maximum Gasteiger partial charge on any atom is 0.273 e. The summed E-state index contributed by atoms with van der Waals surface area (Å²) < 4.78 is 5.14. The lowest BCUT2D eigenvalue weighted by Gasteiger charge is -2.14. The lowest BCUT2D eigenvalue weighted by molar-refractivity contribution is 0.0879. The number of hydrogen-bond acceptors (Lipinski definition) is 5. The molecule has 1 aliphatic heterocycles. The number of aliphatic hydroxyl groups is 1. The van der Waals surface area contributed by atoms with Crippen LogP contribution in [0.5, 0.6) is 0 Å². The molecule has 6 heteroatoms. The van der Waals surface area contributed by atoms with Gasteiger partial charge in [-0.15, -0.1) is 0 Å². The van der Waals surface area contributed by atoms with Gasteiger partial charge in [-0.05, 0) is 19.9 Å². The summed E-state index contributed by atoms with van der Waals surface area (Å²) in [6.07, 6.45) is 1.71. The Hall–Kier alpha value is -1.40. The molecule has 0 spiro atoms. The number of β-amino-alcohol motifs (C(OH)–C–C–N with tert-alkyl or cyclic N) is 1. The summed E-state index contributed by atoms with van der Waals surface area (Å²) in [6.45, 7) is 1.23. The second kappa shape index (κ2) is 4.37. The van der Waals surface area contributed by atoms with Crippen LogP contribution in [0, 0.1) is 0 Å². The van der Waals surface area contributed by atoms with E-state index in [2.05, 4.69) is 10.5 Å². The van der Waals surface area contributed by atoms with Gasteiger partial charge in [-0.2, -0.15) is 0 Å². The third kappa shape index (κ3) is 2.26. The largest absolute Gasteiger partial charge is 0.390 e. The first-order chi connectivity index (χ1) is 8.63. The summed E-state index contributed by atoms with van der Waals surface area (Å²) in [5.74, 6) is 0.969. The highest BCUT2D eigenvalue weighted by Gasteiger charge is 2.32. The van der Waals surface area contributed by atoms with Crippen LogP contribution in [0.4, 0.5) is 0 Å². The number of carbonyl (C=O) groups is 1. The van der Waals surface area contributed by atoms with Crippen LogP contribution in [0.3, 0.4) is 0 Å². The highest BCUT2D eigenvalue weighted by atomic mass is 16.5. The highest BCUT2D eigenvalue weighted by molar-refractivity contribution is 5.92. The van der Waals surface area contributed by atoms with Gasteiger partial charge >= 0.3 is 0 Å². The first-order valence-electron chi connectivity index (χ1n) is 6.27. The summed E-state index contributed by atoms with van der Waals surface area (Å²) in [7, 11) is 1.91. The van der Waals surface area contributed by atoms with Crippen LogP contribution in [-0.4, -0.2) is 53.4 Å². The average Bonchev–Trinajstić information content (AvgIpc) is 2.96. The zero-order valence-corrected chi connectivity index (χ0v) is 10.3. The zero-order valence-electron chi connectivity index (χ0n) is 10.3. The number of likely N-dealkylation sites (N-methyl/N-ethyl adjacent to an activating group) is 1. The Bertz CT molecular complexity index is 455. The molecule has 1 amide bonds. The molecule has 0 bridgehead atoms. The minimum absolute atomic E-state index is 0.233. The van der Waals surface area contributed by atoms with Crippen molar-refractivity contribution in [3.63, 3.8) is 0 Å². The van der Waals surface area contributed by atoms with E-state index in [1.807, 2.05) is 11.9 Å². The predicted octanol–water partition coefficient (Wildman–Crippen LogP) is -0.0433. The van der Waals surface area contributed by atoms with E-state index in [0.717, 1.165) is 18.6 Å². The minimum Gasteiger partial charge on any atom is -0.390 e. The monoisotopic (exact) mass is 251 g/mol. The van der Waals surface area contributed by atoms with Crippen LogP contribution in [0.1, 0.15) is 35.0 Å². The lowest BCUT2D eigenvalue weighted by Crippen LogP contribution is -2.42. The molecule has 1 saturated heterocycles. The number of nitrogens with zero attached hydrogens (tertiary/aromatic N) is 2. The fraction of sp³-hybridized carbons (Fsp3) is 0.667. The summed E-state index contributed by atoms with van der Waals surface area (Å²) in [6, 6.07) is 1.47. The molecular formula is C12H17N3O3. The number of nitrogens with one attached hydrogen (secondary N) is 1. The van der Waals surface area contributed by atoms with Crippen molar-refractivity contribution in [2.75, 3.05) is 20.1 Å². The molecule has 0 aromatic carbocycles. The summed E-state index contributed by atoms with van der Waals surface area (Å²) in [5, 5.41) is 16.3. The van der Waals surface area contributed by atoms with Crippen molar-refractivity contribution in [1.82, 2.24) is 15.4 Å². The maximum atomic E-state index is 11.9. The Morgan fingerprint density at radius 2 is 2.33 bits per heavy atom. The fourth-order valence-electron chi connectivity index (χ4n) is 2.32. The third-order valence-electron chi connectivity index (χ3n) is 3.53. The molecule has 2 aliphatic rings. The van der Waals surface area contributed by atoms with Gasteiger partial charge in [0, 0.05) is 25.1 Å². The summed E-state index contributed by atoms with van der Waals surface area (Å²) >= 11 is 0. The van der Waals surface area contributed by atoms with Crippen LogP contribution in [0.25, 0.3) is 0 Å². The number of likely N-dealkylation sites (tertiary alicyclic amines) is 1. The van der Waals surface area contributed by atoms with E-state index in [0.29, 0.717) is 24.7 Å². The van der Waals surface area contributed by atoms with Crippen molar-refractivity contribution in [2.24, 2.45) is 0 Å². The first kappa shape index (κ1) is 11.7. The number of carbonyl (C=O) groups excluding carboxylic acids is 1. The molecule has 1 saturated carbocycles. The van der Waals surface area contributed by atoms with Crippen molar-refractivity contribution in [2.45, 2.75) is 30.9 Å². The number of hydrogen-bond donors (Lipinski definition) is 2.